The number of anilines is 1. The number of hydrogen-bond acceptors (Lipinski definition) is 7. The Morgan fingerprint density at radius 1 is 1.06 bits per heavy atom. The maximum Gasteiger partial charge on any atom is 0.263 e. The first-order valence-electron chi connectivity index (χ1n) is 11.2. The molecule has 0 radical (unpaired) electrons. The molecule has 6 aromatic rings. The minimum Gasteiger partial charge on any atom is -0.355 e. The molecule has 10 heteroatoms. The van der Waals surface area contributed by atoms with Crippen molar-refractivity contribution in [3.8, 4) is 0 Å². The fraction of sp³-hybridized carbons (Fsp3) is 0.200. The first-order chi connectivity index (χ1) is 17.0. The first-order valence-corrected chi connectivity index (χ1v) is 11.2. The summed E-state index contributed by atoms with van der Waals surface area (Å²) in [4.78, 5) is 29.4. The first kappa shape index (κ1) is 21.0. The molecule has 5 aromatic heterocycles. The van der Waals surface area contributed by atoms with Crippen molar-refractivity contribution in [2.24, 2.45) is 7.05 Å². The van der Waals surface area contributed by atoms with E-state index >= 15 is 0 Å². The van der Waals surface area contributed by atoms with Crippen LogP contribution in [0.2, 0.25) is 0 Å². The number of hydrogen-bond donors (Lipinski definition) is 0. The molecular weight excluding hydrogens is 442 g/mol. The number of benzene rings is 1. The van der Waals surface area contributed by atoms with E-state index < -0.39 is 0 Å². The van der Waals surface area contributed by atoms with E-state index in [1.807, 2.05) is 63.7 Å². The molecule has 0 aliphatic carbocycles. The zero-order valence-electron chi connectivity index (χ0n) is 19.6. The zero-order valence-corrected chi connectivity index (χ0v) is 19.6. The van der Waals surface area contributed by atoms with Crippen molar-refractivity contribution in [3.63, 3.8) is 0 Å². The van der Waals surface area contributed by atoms with E-state index in [0.29, 0.717) is 23.4 Å². The van der Waals surface area contributed by atoms with Crippen LogP contribution in [0.3, 0.4) is 0 Å². The van der Waals surface area contributed by atoms with Crippen LogP contribution in [-0.2, 0) is 20.1 Å². The molecule has 0 unspecified atom stereocenters. The van der Waals surface area contributed by atoms with Crippen molar-refractivity contribution in [1.82, 2.24) is 38.9 Å². The molecular formula is C25H23N9O. The second-order valence-electron chi connectivity index (χ2n) is 8.70. The van der Waals surface area contributed by atoms with Crippen LogP contribution in [0.4, 0.5) is 5.82 Å². The molecule has 35 heavy (non-hydrogen) atoms. The molecule has 0 saturated carbocycles. The number of para-hydroxylation sites is 1. The normalized spacial score (nSPS) is 11.6. The molecule has 1 aromatic carbocycles. The summed E-state index contributed by atoms with van der Waals surface area (Å²) in [5.41, 5.74) is 3.98. The van der Waals surface area contributed by atoms with Crippen LogP contribution in [0.5, 0.6) is 0 Å². The molecule has 0 atom stereocenters. The summed E-state index contributed by atoms with van der Waals surface area (Å²) in [7, 11) is 3.90. The topological polar surface area (TPSA) is 99.0 Å². The van der Waals surface area contributed by atoms with Crippen LogP contribution >= 0.6 is 0 Å². The third-order valence-corrected chi connectivity index (χ3v) is 6.06. The van der Waals surface area contributed by atoms with Gasteiger partial charge in [-0.1, -0.05) is 12.1 Å². The summed E-state index contributed by atoms with van der Waals surface area (Å²) < 4.78 is 5.23. The van der Waals surface area contributed by atoms with E-state index in [4.69, 9.17) is 9.97 Å². The van der Waals surface area contributed by atoms with Crippen molar-refractivity contribution in [2.75, 3.05) is 11.9 Å². The Bertz CT molecular complexity index is 1780. The van der Waals surface area contributed by atoms with E-state index in [9.17, 15) is 4.79 Å². The lowest BCUT2D eigenvalue weighted by atomic mass is 10.2. The van der Waals surface area contributed by atoms with Gasteiger partial charge in [0.2, 0.25) is 0 Å². The van der Waals surface area contributed by atoms with Gasteiger partial charge in [0.15, 0.2) is 5.82 Å². The van der Waals surface area contributed by atoms with E-state index in [1.54, 1.807) is 32.2 Å². The van der Waals surface area contributed by atoms with E-state index in [2.05, 4.69) is 20.1 Å². The molecule has 0 bridgehead atoms. The molecule has 0 fully saturated rings. The number of aromatic nitrogens is 8. The van der Waals surface area contributed by atoms with E-state index in [-0.39, 0.29) is 12.1 Å². The highest BCUT2D eigenvalue weighted by Gasteiger charge is 2.17. The summed E-state index contributed by atoms with van der Waals surface area (Å²) >= 11 is 0. The second-order valence-corrected chi connectivity index (χ2v) is 8.70. The SMILES string of the molecule is Cc1cc2n(Cc3nc(N(C)Cc4cnn(C)c4)c4ccccc4n3)c(=O)c3cnccc3n2n1. The van der Waals surface area contributed by atoms with Gasteiger partial charge >= 0.3 is 0 Å². The van der Waals surface area contributed by atoms with Gasteiger partial charge in [-0.2, -0.15) is 10.2 Å². The zero-order chi connectivity index (χ0) is 24.1. The molecule has 5 heterocycles. The van der Waals surface area contributed by atoms with Crippen LogP contribution < -0.4 is 10.5 Å². The van der Waals surface area contributed by atoms with Gasteiger partial charge in [-0.3, -0.25) is 19.0 Å². The standard InChI is InChI=1S/C25H23N9O/c1-16-10-23-33(25(35)19-12-26-9-8-21(19)34(23)30-16)15-22-28-20-7-5-4-6-18(20)24(29-22)31(2)13-17-11-27-32(3)14-17/h4-12,14H,13,15H2,1-3H3. The number of aryl methyl sites for hydroxylation is 2. The third kappa shape index (κ3) is 3.59. The van der Waals surface area contributed by atoms with Gasteiger partial charge in [-0.15, -0.1) is 0 Å². The summed E-state index contributed by atoms with van der Waals surface area (Å²) in [6, 6.07) is 11.6. The molecule has 0 spiro atoms. The highest BCUT2D eigenvalue weighted by Crippen LogP contribution is 2.25. The maximum atomic E-state index is 13.5. The van der Waals surface area contributed by atoms with Gasteiger partial charge in [0, 0.05) is 56.2 Å². The van der Waals surface area contributed by atoms with E-state index in [1.165, 1.54) is 0 Å². The minimum absolute atomic E-state index is 0.150. The van der Waals surface area contributed by atoms with Crippen LogP contribution in [0.1, 0.15) is 17.1 Å². The molecule has 0 amide bonds. The molecule has 0 aliphatic heterocycles. The Morgan fingerprint density at radius 3 is 2.74 bits per heavy atom. The molecule has 10 nitrogen and oxygen atoms in total. The predicted molar refractivity (Wildman–Crippen MR) is 133 cm³/mol. The average Bonchev–Trinajstić information content (AvgIpc) is 3.46. The molecule has 0 N–H and O–H groups in total. The van der Waals surface area contributed by atoms with Gasteiger partial charge in [-0.25, -0.2) is 14.5 Å². The van der Waals surface area contributed by atoms with Gasteiger partial charge < -0.3 is 4.90 Å². The summed E-state index contributed by atoms with van der Waals surface area (Å²) in [6.45, 7) is 2.76. The van der Waals surface area contributed by atoms with Crippen molar-refractivity contribution in [1.29, 1.82) is 0 Å². The molecule has 0 aliphatic rings. The lowest BCUT2D eigenvalue weighted by Gasteiger charge is -2.20. The Hall–Kier alpha value is -4.60. The second kappa shape index (κ2) is 8.01. The molecule has 6 rings (SSSR count). The van der Waals surface area contributed by atoms with Crippen molar-refractivity contribution in [2.45, 2.75) is 20.0 Å². The van der Waals surface area contributed by atoms with Crippen LogP contribution in [0.25, 0.3) is 27.5 Å². The smallest absolute Gasteiger partial charge is 0.263 e. The highest BCUT2D eigenvalue weighted by atomic mass is 16.1. The summed E-state index contributed by atoms with van der Waals surface area (Å²) in [5, 5.41) is 10.3. The number of rotatable bonds is 5. The highest BCUT2D eigenvalue weighted by molar-refractivity contribution is 5.89. The fourth-order valence-corrected chi connectivity index (χ4v) is 4.51. The van der Waals surface area contributed by atoms with Crippen LogP contribution in [-0.4, -0.2) is 46.0 Å². The Morgan fingerprint density at radius 2 is 1.91 bits per heavy atom. The summed E-state index contributed by atoms with van der Waals surface area (Å²) in [6.07, 6.45) is 7.09. The lowest BCUT2D eigenvalue weighted by Crippen LogP contribution is -2.25. The van der Waals surface area contributed by atoms with E-state index in [0.717, 1.165) is 33.5 Å². The van der Waals surface area contributed by atoms with Crippen molar-refractivity contribution in [3.05, 3.63) is 88.6 Å². The van der Waals surface area contributed by atoms with Gasteiger partial charge in [0.25, 0.3) is 5.56 Å². The predicted octanol–water partition coefficient (Wildman–Crippen LogP) is 2.71. The Labute approximate surface area is 200 Å². The molecule has 174 valence electrons. The number of pyridine rings is 1. The third-order valence-electron chi connectivity index (χ3n) is 6.06. The van der Waals surface area contributed by atoms with Crippen LogP contribution in [0, 0.1) is 6.92 Å². The Kier molecular flexibility index (Phi) is 4.80. The maximum absolute atomic E-state index is 13.5. The minimum atomic E-state index is -0.150. The average molecular weight is 466 g/mol. The summed E-state index contributed by atoms with van der Waals surface area (Å²) in [5.74, 6) is 1.34. The number of fused-ring (bicyclic) bond motifs is 4. The lowest BCUT2D eigenvalue weighted by molar-refractivity contribution is 0.724. The fourth-order valence-electron chi connectivity index (χ4n) is 4.51. The van der Waals surface area contributed by atoms with Gasteiger partial charge in [-0.05, 0) is 25.1 Å². The quantitative estimate of drug-likeness (QED) is 0.386. The molecule has 0 saturated heterocycles. The largest absolute Gasteiger partial charge is 0.355 e. The van der Waals surface area contributed by atoms with Crippen LogP contribution in [0.15, 0.2) is 66.0 Å². The van der Waals surface area contributed by atoms with Crippen molar-refractivity contribution >= 4 is 33.3 Å². The monoisotopic (exact) mass is 465 g/mol. The van der Waals surface area contributed by atoms with Crippen molar-refractivity contribution < 1.29 is 0 Å². The van der Waals surface area contributed by atoms with Gasteiger partial charge in [0.1, 0.15) is 11.5 Å². The Balaban J connectivity index is 1.50. The number of nitrogens with zero attached hydrogens (tertiary/aromatic N) is 9. The van der Waals surface area contributed by atoms with Gasteiger partial charge in [0.05, 0.1) is 34.9 Å².